The van der Waals surface area contributed by atoms with E-state index in [9.17, 15) is 14.7 Å². The Morgan fingerprint density at radius 2 is 1.76 bits per heavy atom. The molecule has 0 aromatic carbocycles. The molecule has 0 spiro atoms. The van der Waals surface area contributed by atoms with Crippen molar-refractivity contribution in [2.24, 2.45) is 22.2 Å². The van der Waals surface area contributed by atoms with E-state index in [1.54, 1.807) is 6.08 Å². The smallest absolute Gasteiger partial charge is 0.311 e. The van der Waals surface area contributed by atoms with Gasteiger partial charge in [-0.1, -0.05) is 33.3 Å². The largest absolute Gasteiger partial charge is 0.481 e. The number of hydrogen-bond donors (Lipinski definition) is 1. The van der Waals surface area contributed by atoms with Gasteiger partial charge in [0.05, 0.1) is 5.41 Å². The minimum Gasteiger partial charge on any atom is -0.481 e. The predicted octanol–water partition coefficient (Wildman–Crippen LogP) is 2.66. The van der Waals surface area contributed by atoms with Gasteiger partial charge < -0.3 is 5.11 Å². The van der Waals surface area contributed by atoms with E-state index in [1.807, 2.05) is 34.6 Å². The Bertz CT molecular complexity index is 426. The number of carbonyl (C=O) groups excluding carboxylic acids is 1. The molecule has 1 atom stereocenters. The van der Waals surface area contributed by atoms with Crippen LogP contribution in [0.15, 0.2) is 11.6 Å². The van der Waals surface area contributed by atoms with Crippen molar-refractivity contribution in [2.75, 3.05) is 0 Å². The fourth-order valence-corrected chi connectivity index (χ4v) is 4.18. The lowest BCUT2D eigenvalue weighted by Gasteiger charge is -2.25. The molecule has 0 aromatic heterocycles. The van der Waals surface area contributed by atoms with Gasteiger partial charge in [-0.05, 0) is 23.8 Å². The zero-order valence-corrected chi connectivity index (χ0v) is 11.1. The van der Waals surface area contributed by atoms with Crippen LogP contribution in [-0.2, 0) is 9.59 Å². The van der Waals surface area contributed by atoms with Crippen molar-refractivity contribution in [2.45, 2.75) is 41.0 Å². The number of hydrogen-bond acceptors (Lipinski definition) is 2. The lowest BCUT2D eigenvalue weighted by molar-refractivity contribution is -0.148. The van der Waals surface area contributed by atoms with E-state index in [4.69, 9.17) is 0 Å². The number of ketones is 1. The number of allylic oxidation sites excluding steroid dienone is 2. The van der Waals surface area contributed by atoms with Crippen LogP contribution in [-0.4, -0.2) is 16.9 Å². The van der Waals surface area contributed by atoms with E-state index < -0.39 is 11.4 Å². The van der Waals surface area contributed by atoms with Crippen LogP contribution in [0.5, 0.6) is 0 Å². The third kappa shape index (κ3) is 1.08. The fraction of sp³-hybridized carbons (Fsp3) is 0.714. The van der Waals surface area contributed by atoms with Crippen LogP contribution in [0.4, 0.5) is 0 Å². The van der Waals surface area contributed by atoms with E-state index in [2.05, 4.69) is 0 Å². The second-order valence-electron chi connectivity index (χ2n) is 6.47. The molecule has 17 heavy (non-hydrogen) atoms. The first-order chi connectivity index (χ1) is 7.60. The van der Waals surface area contributed by atoms with Crippen molar-refractivity contribution in [1.82, 2.24) is 0 Å². The highest BCUT2D eigenvalue weighted by atomic mass is 16.4. The molecule has 1 fully saturated rings. The summed E-state index contributed by atoms with van der Waals surface area (Å²) in [4.78, 5) is 23.3. The highest BCUT2D eigenvalue weighted by Gasteiger charge is 2.84. The van der Waals surface area contributed by atoms with E-state index in [0.717, 1.165) is 5.57 Å². The maximum absolute atomic E-state index is 11.8. The summed E-state index contributed by atoms with van der Waals surface area (Å²) in [5, 5.41) is 9.70. The molecule has 0 saturated heterocycles. The molecular weight excluding hydrogens is 216 g/mol. The molecule has 2 aliphatic carbocycles. The number of carbonyl (C=O) groups is 2. The van der Waals surface area contributed by atoms with Crippen molar-refractivity contribution < 1.29 is 14.7 Å². The normalized spacial score (nSPS) is 32.2. The van der Waals surface area contributed by atoms with Gasteiger partial charge in [-0.15, -0.1) is 0 Å². The molecule has 94 valence electrons. The zero-order chi connectivity index (χ0) is 13.2. The van der Waals surface area contributed by atoms with Crippen LogP contribution < -0.4 is 0 Å². The number of aliphatic carboxylic acids is 1. The van der Waals surface area contributed by atoms with Gasteiger partial charge in [-0.3, -0.25) is 9.59 Å². The van der Waals surface area contributed by atoms with Gasteiger partial charge in [0, 0.05) is 12.3 Å². The van der Waals surface area contributed by atoms with Crippen molar-refractivity contribution in [1.29, 1.82) is 0 Å². The third-order valence-corrected chi connectivity index (χ3v) is 5.68. The van der Waals surface area contributed by atoms with Crippen LogP contribution in [0.2, 0.25) is 0 Å². The molecule has 0 amide bonds. The summed E-state index contributed by atoms with van der Waals surface area (Å²) in [7, 11) is 0. The summed E-state index contributed by atoms with van der Waals surface area (Å²) in [5.41, 5.74) is -0.435. The molecule has 2 aliphatic rings. The van der Waals surface area contributed by atoms with E-state index >= 15 is 0 Å². The van der Waals surface area contributed by atoms with Crippen LogP contribution in [0.3, 0.4) is 0 Å². The first kappa shape index (κ1) is 12.3. The Balaban J connectivity index is 2.52. The zero-order valence-electron chi connectivity index (χ0n) is 11.1. The van der Waals surface area contributed by atoms with Gasteiger partial charge in [0.25, 0.3) is 0 Å². The predicted molar refractivity (Wildman–Crippen MR) is 64.5 cm³/mol. The maximum Gasteiger partial charge on any atom is 0.311 e. The molecular formula is C14H20O3. The molecule has 1 N–H and O–H groups in total. The minimum atomic E-state index is -0.799. The van der Waals surface area contributed by atoms with Gasteiger partial charge in [0.15, 0.2) is 5.78 Å². The first-order valence-corrected chi connectivity index (χ1v) is 6.05. The average Bonchev–Trinajstić information content (AvgIpc) is 2.36. The van der Waals surface area contributed by atoms with Crippen molar-refractivity contribution in [3.63, 3.8) is 0 Å². The lowest BCUT2D eigenvalue weighted by atomic mass is 9.77. The Labute approximate surface area is 102 Å². The number of carboxylic acids is 1. The SMILES string of the molecule is CC1=CC(=O)CC1C1(C(=O)O)C(C)(C)C1(C)C. The van der Waals surface area contributed by atoms with Gasteiger partial charge >= 0.3 is 5.97 Å². The summed E-state index contributed by atoms with van der Waals surface area (Å²) in [6, 6.07) is 0. The van der Waals surface area contributed by atoms with Gasteiger partial charge in [0.1, 0.15) is 0 Å². The molecule has 3 nitrogen and oxygen atoms in total. The first-order valence-electron chi connectivity index (χ1n) is 6.05. The quantitative estimate of drug-likeness (QED) is 0.802. The Morgan fingerprint density at radius 3 is 2.00 bits per heavy atom. The fourth-order valence-electron chi connectivity index (χ4n) is 4.18. The summed E-state index contributed by atoms with van der Waals surface area (Å²) < 4.78 is 0. The molecule has 2 rings (SSSR count). The molecule has 0 heterocycles. The third-order valence-electron chi connectivity index (χ3n) is 5.68. The molecule has 3 heteroatoms. The van der Waals surface area contributed by atoms with Gasteiger partial charge in [-0.25, -0.2) is 0 Å². The van der Waals surface area contributed by atoms with Crippen LogP contribution in [0.1, 0.15) is 41.0 Å². The molecule has 1 saturated carbocycles. The molecule has 0 aromatic rings. The summed E-state index contributed by atoms with van der Waals surface area (Å²) >= 11 is 0. The number of carboxylic acid groups (broad SMARTS) is 1. The van der Waals surface area contributed by atoms with Crippen molar-refractivity contribution in [3.05, 3.63) is 11.6 Å². The summed E-state index contributed by atoms with van der Waals surface area (Å²) in [6.07, 6.45) is 1.96. The highest BCUT2D eigenvalue weighted by Crippen LogP contribution is 2.82. The Kier molecular flexibility index (Phi) is 2.18. The Morgan fingerprint density at radius 1 is 1.29 bits per heavy atom. The second kappa shape index (κ2) is 3.01. The molecule has 0 radical (unpaired) electrons. The molecule has 1 unspecified atom stereocenters. The molecule has 0 bridgehead atoms. The topological polar surface area (TPSA) is 54.4 Å². The summed E-state index contributed by atoms with van der Waals surface area (Å²) in [6.45, 7) is 9.87. The average molecular weight is 236 g/mol. The van der Waals surface area contributed by atoms with Crippen LogP contribution in [0, 0.1) is 22.2 Å². The monoisotopic (exact) mass is 236 g/mol. The van der Waals surface area contributed by atoms with E-state index in [0.29, 0.717) is 6.42 Å². The lowest BCUT2D eigenvalue weighted by Crippen LogP contribution is -2.32. The van der Waals surface area contributed by atoms with Gasteiger partial charge in [0.2, 0.25) is 0 Å². The molecule has 0 aliphatic heterocycles. The summed E-state index contributed by atoms with van der Waals surface area (Å²) in [5.74, 6) is -0.843. The Hall–Kier alpha value is -1.12. The van der Waals surface area contributed by atoms with E-state index in [1.165, 1.54) is 0 Å². The highest BCUT2D eigenvalue weighted by molar-refractivity contribution is 5.95. The van der Waals surface area contributed by atoms with Crippen molar-refractivity contribution >= 4 is 11.8 Å². The van der Waals surface area contributed by atoms with Crippen LogP contribution in [0.25, 0.3) is 0 Å². The van der Waals surface area contributed by atoms with E-state index in [-0.39, 0.29) is 22.5 Å². The second-order valence-corrected chi connectivity index (χ2v) is 6.47. The van der Waals surface area contributed by atoms with Gasteiger partial charge in [-0.2, -0.15) is 0 Å². The standard InChI is InChI=1S/C14H20O3/c1-8-6-9(15)7-10(8)14(11(16)17)12(2,3)13(14,4)5/h6,10H,7H2,1-5H3,(H,16,17). The number of rotatable bonds is 2. The van der Waals surface area contributed by atoms with Crippen LogP contribution >= 0.6 is 0 Å². The maximum atomic E-state index is 11.8. The van der Waals surface area contributed by atoms with Crippen molar-refractivity contribution in [3.8, 4) is 0 Å². The minimum absolute atomic E-state index is 0.0617.